The van der Waals surface area contributed by atoms with Crippen molar-refractivity contribution in [1.82, 2.24) is 0 Å². The molecule has 0 unspecified atom stereocenters. The van der Waals surface area contributed by atoms with Gasteiger partial charge < -0.3 is 9.15 Å². The second-order valence-corrected chi connectivity index (χ2v) is 4.24. The van der Waals surface area contributed by atoms with E-state index in [1.165, 1.54) is 0 Å². The molecule has 3 heteroatoms. The number of rotatable bonds is 3. The van der Waals surface area contributed by atoms with Crippen LogP contribution in [0.2, 0.25) is 0 Å². The third kappa shape index (κ3) is 1.99. The van der Waals surface area contributed by atoms with E-state index >= 15 is 0 Å². The smallest absolute Gasteiger partial charge is 0.176 e. The number of hydrogen-bond acceptors (Lipinski definition) is 3. The van der Waals surface area contributed by atoms with Crippen molar-refractivity contribution in [2.75, 3.05) is 7.11 Å². The van der Waals surface area contributed by atoms with Crippen molar-refractivity contribution in [1.29, 1.82) is 0 Å². The van der Waals surface area contributed by atoms with Crippen molar-refractivity contribution < 1.29 is 13.9 Å². The highest BCUT2D eigenvalue weighted by Gasteiger charge is 2.11. The summed E-state index contributed by atoms with van der Waals surface area (Å²) in [6.07, 6.45) is 0.803. The molecule has 0 aliphatic carbocycles. The zero-order chi connectivity index (χ0) is 13.2. The van der Waals surface area contributed by atoms with Gasteiger partial charge in [0.15, 0.2) is 11.3 Å². The first-order valence-corrected chi connectivity index (χ1v) is 5.94. The van der Waals surface area contributed by atoms with Gasteiger partial charge in [-0.25, -0.2) is 0 Å². The predicted octanol–water partition coefficient (Wildman–Crippen LogP) is 3.92. The molecule has 2 aromatic carbocycles. The minimum absolute atomic E-state index is 0.571. The molecule has 0 aliphatic heterocycles. The molecule has 0 atom stereocenters. The number of ether oxygens (including phenoxy) is 1. The molecule has 19 heavy (non-hydrogen) atoms. The second-order valence-electron chi connectivity index (χ2n) is 4.24. The molecule has 3 nitrogen and oxygen atoms in total. The van der Waals surface area contributed by atoms with E-state index in [0.717, 1.165) is 23.0 Å². The number of aldehydes is 1. The van der Waals surface area contributed by atoms with Crippen molar-refractivity contribution in [3.05, 3.63) is 54.1 Å². The first kappa shape index (κ1) is 11.5. The van der Waals surface area contributed by atoms with E-state index in [0.29, 0.717) is 16.9 Å². The summed E-state index contributed by atoms with van der Waals surface area (Å²) in [5, 5.41) is 0.861. The van der Waals surface area contributed by atoms with Crippen LogP contribution in [0.4, 0.5) is 0 Å². The second kappa shape index (κ2) is 4.61. The van der Waals surface area contributed by atoms with Gasteiger partial charge in [0, 0.05) is 16.5 Å². The maximum atomic E-state index is 10.9. The molecule has 0 bridgehead atoms. The third-order valence-corrected chi connectivity index (χ3v) is 3.02. The van der Waals surface area contributed by atoms with Gasteiger partial charge in [0.1, 0.15) is 12.0 Å². The van der Waals surface area contributed by atoms with Crippen LogP contribution in [0.15, 0.2) is 52.9 Å². The van der Waals surface area contributed by atoms with Crippen LogP contribution >= 0.6 is 0 Å². The van der Waals surface area contributed by atoms with Gasteiger partial charge in [0.25, 0.3) is 0 Å². The Labute approximate surface area is 110 Å². The van der Waals surface area contributed by atoms with Crippen LogP contribution < -0.4 is 4.74 Å². The maximum Gasteiger partial charge on any atom is 0.176 e. The lowest BCUT2D eigenvalue weighted by atomic mass is 10.1. The summed E-state index contributed by atoms with van der Waals surface area (Å²) in [5.41, 5.74) is 2.23. The molecule has 0 spiro atoms. The minimum Gasteiger partial charge on any atom is -0.493 e. The summed E-state index contributed by atoms with van der Waals surface area (Å²) in [5.74, 6) is 1.33. The van der Waals surface area contributed by atoms with Gasteiger partial charge in [-0.3, -0.25) is 4.79 Å². The molecule has 0 saturated carbocycles. The van der Waals surface area contributed by atoms with Gasteiger partial charge in [-0.15, -0.1) is 0 Å². The number of hydrogen-bond donors (Lipinski definition) is 0. The Morgan fingerprint density at radius 2 is 1.89 bits per heavy atom. The minimum atomic E-state index is 0.571. The standard InChI is InChI=1S/C16H12O3/c1-18-15-8-11(10-17)7-13-9-14(19-16(13)15)12-5-3-2-4-6-12/h2-10H,1H3. The normalized spacial score (nSPS) is 10.6. The molecule has 0 fully saturated rings. The summed E-state index contributed by atoms with van der Waals surface area (Å²) in [4.78, 5) is 10.9. The van der Waals surface area contributed by atoms with Crippen LogP contribution in [-0.4, -0.2) is 13.4 Å². The molecule has 3 rings (SSSR count). The van der Waals surface area contributed by atoms with E-state index in [1.807, 2.05) is 36.4 Å². The van der Waals surface area contributed by atoms with Crippen LogP contribution in [0.25, 0.3) is 22.3 Å². The number of carbonyl (C=O) groups excluding carboxylic acids is 1. The Morgan fingerprint density at radius 1 is 1.11 bits per heavy atom. The molecule has 0 N–H and O–H groups in total. The van der Waals surface area contributed by atoms with Crippen molar-refractivity contribution in [2.24, 2.45) is 0 Å². The lowest BCUT2D eigenvalue weighted by Crippen LogP contribution is -1.86. The zero-order valence-corrected chi connectivity index (χ0v) is 10.4. The van der Waals surface area contributed by atoms with Gasteiger partial charge in [-0.05, 0) is 18.2 Å². The fourth-order valence-electron chi connectivity index (χ4n) is 2.11. The summed E-state index contributed by atoms with van der Waals surface area (Å²) in [7, 11) is 1.56. The summed E-state index contributed by atoms with van der Waals surface area (Å²) in [6.45, 7) is 0. The van der Waals surface area contributed by atoms with Gasteiger partial charge >= 0.3 is 0 Å². The Balaban J connectivity index is 2.23. The molecule has 0 radical (unpaired) electrons. The van der Waals surface area contributed by atoms with Crippen LogP contribution in [0.3, 0.4) is 0 Å². The van der Waals surface area contributed by atoms with Crippen molar-refractivity contribution in [3.8, 4) is 17.1 Å². The molecule has 0 saturated heterocycles. The average Bonchev–Trinajstić information content (AvgIpc) is 2.91. The highest BCUT2D eigenvalue weighted by molar-refractivity contribution is 5.92. The van der Waals surface area contributed by atoms with Crippen molar-refractivity contribution in [2.45, 2.75) is 0 Å². The third-order valence-electron chi connectivity index (χ3n) is 3.02. The predicted molar refractivity (Wildman–Crippen MR) is 73.6 cm³/mol. The van der Waals surface area contributed by atoms with Crippen LogP contribution in [0.1, 0.15) is 10.4 Å². The molecule has 1 heterocycles. The lowest BCUT2D eigenvalue weighted by molar-refractivity contribution is 0.112. The number of furan rings is 1. The number of fused-ring (bicyclic) bond motifs is 1. The highest BCUT2D eigenvalue weighted by atomic mass is 16.5. The Hall–Kier alpha value is -2.55. The molecular formula is C16H12O3. The quantitative estimate of drug-likeness (QED) is 0.663. The van der Waals surface area contributed by atoms with E-state index in [-0.39, 0.29) is 0 Å². The van der Waals surface area contributed by atoms with E-state index in [2.05, 4.69) is 0 Å². The fourth-order valence-corrected chi connectivity index (χ4v) is 2.11. The number of benzene rings is 2. The molecule has 1 aromatic heterocycles. The monoisotopic (exact) mass is 252 g/mol. The molecule has 0 amide bonds. The van der Waals surface area contributed by atoms with E-state index in [9.17, 15) is 4.79 Å². The summed E-state index contributed by atoms with van der Waals surface area (Å²) < 4.78 is 11.1. The first-order chi connectivity index (χ1) is 9.31. The van der Waals surface area contributed by atoms with E-state index in [1.54, 1.807) is 19.2 Å². The van der Waals surface area contributed by atoms with E-state index < -0.39 is 0 Å². The van der Waals surface area contributed by atoms with Crippen LogP contribution in [-0.2, 0) is 0 Å². The SMILES string of the molecule is COc1cc(C=O)cc2cc(-c3ccccc3)oc12. The van der Waals surface area contributed by atoms with Gasteiger partial charge in [-0.1, -0.05) is 30.3 Å². The summed E-state index contributed by atoms with van der Waals surface area (Å²) >= 11 is 0. The van der Waals surface area contributed by atoms with Crippen LogP contribution in [0, 0.1) is 0 Å². The topological polar surface area (TPSA) is 39.4 Å². The Bertz CT molecular complexity index is 726. The largest absolute Gasteiger partial charge is 0.493 e. The van der Waals surface area contributed by atoms with Crippen molar-refractivity contribution >= 4 is 17.3 Å². The Morgan fingerprint density at radius 3 is 2.58 bits per heavy atom. The fraction of sp³-hybridized carbons (Fsp3) is 0.0625. The van der Waals surface area contributed by atoms with E-state index in [4.69, 9.17) is 9.15 Å². The molecular weight excluding hydrogens is 240 g/mol. The molecule has 0 aliphatic rings. The molecule has 94 valence electrons. The average molecular weight is 252 g/mol. The van der Waals surface area contributed by atoms with Gasteiger partial charge in [-0.2, -0.15) is 0 Å². The molecule has 3 aromatic rings. The van der Waals surface area contributed by atoms with Crippen molar-refractivity contribution in [3.63, 3.8) is 0 Å². The number of carbonyl (C=O) groups is 1. The highest BCUT2D eigenvalue weighted by Crippen LogP contribution is 2.34. The van der Waals surface area contributed by atoms with Gasteiger partial charge in [0.2, 0.25) is 0 Å². The Kier molecular flexibility index (Phi) is 2.80. The number of methoxy groups -OCH3 is 1. The summed E-state index contributed by atoms with van der Waals surface area (Å²) in [6, 6.07) is 15.2. The maximum absolute atomic E-state index is 10.9. The zero-order valence-electron chi connectivity index (χ0n) is 10.4. The first-order valence-electron chi connectivity index (χ1n) is 5.94. The van der Waals surface area contributed by atoms with Crippen LogP contribution in [0.5, 0.6) is 5.75 Å². The lowest BCUT2D eigenvalue weighted by Gasteiger charge is -2.01. The van der Waals surface area contributed by atoms with Gasteiger partial charge in [0.05, 0.1) is 7.11 Å².